The maximum absolute atomic E-state index is 12.8. The van der Waals surface area contributed by atoms with Gasteiger partial charge in [0.25, 0.3) is 0 Å². The van der Waals surface area contributed by atoms with Crippen molar-refractivity contribution < 1.29 is 28.2 Å². The molecule has 3 aromatic rings. The molecule has 206 valence electrons. The maximum atomic E-state index is 12.8. The first-order valence-corrected chi connectivity index (χ1v) is 13.8. The van der Waals surface area contributed by atoms with E-state index in [-0.39, 0.29) is 36.0 Å². The van der Waals surface area contributed by atoms with Crippen LogP contribution in [0.4, 0.5) is 0 Å². The van der Waals surface area contributed by atoms with Crippen LogP contribution in [0.2, 0.25) is 0 Å². The monoisotopic (exact) mass is 562 g/mol. The molecule has 8 nitrogen and oxygen atoms in total. The van der Waals surface area contributed by atoms with Gasteiger partial charge in [-0.05, 0) is 48.2 Å². The van der Waals surface area contributed by atoms with Crippen LogP contribution >= 0.6 is 12.4 Å². The number of amides is 1. The Bertz CT molecular complexity index is 1230. The van der Waals surface area contributed by atoms with E-state index in [0.717, 1.165) is 16.9 Å². The molecular weight excluding hydrogens is 528 g/mol. The summed E-state index contributed by atoms with van der Waals surface area (Å²) in [5.74, 6) is -0.368. The molecule has 0 aliphatic rings. The van der Waals surface area contributed by atoms with Crippen LogP contribution in [0.1, 0.15) is 17.5 Å². The van der Waals surface area contributed by atoms with Gasteiger partial charge in [-0.2, -0.15) is 0 Å². The van der Waals surface area contributed by atoms with E-state index in [9.17, 15) is 23.4 Å². The van der Waals surface area contributed by atoms with E-state index in [1.165, 1.54) is 12.1 Å². The second-order valence-electron chi connectivity index (χ2n) is 8.79. The number of benzene rings is 3. The van der Waals surface area contributed by atoms with Crippen LogP contribution in [0.15, 0.2) is 89.8 Å². The predicted molar refractivity (Wildman–Crippen MR) is 149 cm³/mol. The average molecular weight is 563 g/mol. The molecule has 10 heteroatoms. The fraction of sp³-hybridized carbons (Fsp3) is 0.321. The van der Waals surface area contributed by atoms with Crippen LogP contribution in [0, 0.1) is 0 Å². The summed E-state index contributed by atoms with van der Waals surface area (Å²) in [6.07, 6.45) is -2.42. The quantitative estimate of drug-likeness (QED) is 0.238. The smallest absolute Gasteiger partial charge is 0.249 e. The first-order chi connectivity index (χ1) is 17.8. The van der Waals surface area contributed by atoms with Gasteiger partial charge in [0.2, 0.25) is 5.91 Å². The van der Waals surface area contributed by atoms with Gasteiger partial charge in [0, 0.05) is 13.1 Å². The molecule has 3 aromatic carbocycles. The van der Waals surface area contributed by atoms with Crippen molar-refractivity contribution in [2.45, 2.75) is 42.5 Å². The molecule has 0 heterocycles. The molecule has 0 fully saturated rings. The van der Waals surface area contributed by atoms with Crippen LogP contribution in [0.3, 0.4) is 0 Å². The highest BCUT2D eigenvalue weighted by atomic mass is 35.5. The largest absolute Gasteiger partial charge is 0.497 e. The number of methoxy groups -OCH3 is 1. The number of hydrogen-bond donors (Lipinski definition) is 4. The Morgan fingerprint density at radius 1 is 0.921 bits per heavy atom. The number of aliphatic hydroxyl groups is 2. The summed E-state index contributed by atoms with van der Waals surface area (Å²) in [4.78, 5) is 12.9. The van der Waals surface area contributed by atoms with Crippen molar-refractivity contribution in [3.63, 3.8) is 0 Å². The lowest BCUT2D eigenvalue weighted by molar-refractivity contribution is -0.131. The highest BCUT2D eigenvalue weighted by Crippen LogP contribution is 2.14. The summed E-state index contributed by atoms with van der Waals surface area (Å²) >= 11 is 0. The lowest BCUT2D eigenvalue weighted by atomic mass is 10.0. The van der Waals surface area contributed by atoms with E-state index < -0.39 is 34.0 Å². The van der Waals surface area contributed by atoms with Gasteiger partial charge < -0.3 is 25.6 Å². The van der Waals surface area contributed by atoms with E-state index in [1.54, 1.807) is 25.3 Å². The molecule has 0 saturated heterocycles. The zero-order valence-electron chi connectivity index (χ0n) is 21.2. The minimum atomic E-state index is -3.63. The number of hydrogen-bond acceptors (Lipinski definition) is 7. The van der Waals surface area contributed by atoms with Crippen molar-refractivity contribution in [2.24, 2.45) is 0 Å². The first kappa shape index (κ1) is 31.3. The molecule has 3 rings (SSSR count). The standard InChI is InChI=1S/C28H34N2O6S.ClH/c1-36-23-12-8-11-22(17-23)19-29-20-27(32)25(18-21-9-4-2-5-10-21)30-28(33)26(31)15-16-37(34,35)24-13-6-3-7-14-24;/h2-14,17,25-27,29,31-32H,15-16,18-20H2,1H3,(H,30,33);1H. The second kappa shape index (κ2) is 15.5. The van der Waals surface area contributed by atoms with Crippen LogP contribution in [0.5, 0.6) is 5.75 Å². The lowest BCUT2D eigenvalue weighted by Gasteiger charge is -2.26. The lowest BCUT2D eigenvalue weighted by Crippen LogP contribution is -2.51. The van der Waals surface area contributed by atoms with Crippen LogP contribution in [0.25, 0.3) is 0 Å². The highest BCUT2D eigenvalue weighted by molar-refractivity contribution is 7.91. The minimum absolute atomic E-state index is 0. The minimum Gasteiger partial charge on any atom is -0.497 e. The Balaban J connectivity index is 0.00000507. The van der Waals surface area contributed by atoms with Crippen LogP contribution in [-0.2, 0) is 27.6 Å². The van der Waals surface area contributed by atoms with Crippen molar-refractivity contribution in [2.75, 3.05) is 19.4 Å². The van der Waals surface area contributed by atoms with Crippen molar-refractivity contribution >= 4 is 28.2 Å². The summed E-state index contributed by atoms with van der Waals surface area (Å²) < 4.78 is 30.2. The highest BCUT2D eigenvalue weighted by Gasteiger charge is 2.26. The fourth-order valence-electron chi connectivity index (χ4n) is 3.86. The topological polar surface area (TPSA) is 125 Å². The fourth-order valence-corrected chi connectivity index (χ4v) is 5.20. The molecule has 0 bridgehead atoms. The van der Waals surface area contributed by atoms with Gasteiger partial charge >= 0.3 is 0 Å². The summed E-state index contributed by atoms with van der Waals surface area (Å²) in [7, 11) is -2.04. The number of nitrogens with one attached hydrogen (secondary N) is 2. The Morgan fingerprint density at radius 3 is 2.21 bits per heavy atom. The van der Waals surface area contributed by atoms with Gasteiger partial charge in [-0.15, -0.1) is 12.4 Å². The SMILES string of the molecule is COc1cccc(CNCC(O)C(Cc2ccccc2)NC(=O)C(O)CCS(=O)(=O)c2ccccc2)c1.Cl. The number of aliphatic hydroxyl groups excluding tert-OH is 2. The normalized spacial score (nSPS) is 13.6. The number of ether oxygens (including phenoxy) is 1. The Morgan fingerprint density at radius 2 is 1.55 bits per heavy atom. The zero-order chi connectivity index (χ0) is 26.7. The van der Waals surface area contributed by atoms with E-state index in [0.29, 0.717) is 13.0 Å². The number of carbonyl (C=O) groups is 1. The molecule has 0 spiro atoms. The Kier molecular flexibility index (Phi) is 12.7. The van der Waals surface area contributed by atoms with Crippen LogP contribution in [-0.4, -0.2) is 62.2 Å². The summed E-state index contributed by atoms with van der Waals surface area (Å²) in [5.41, 5.74) is 1.88. The molecule has 0 radical (unpaired) electrons. The summed E-state index contributed by atoms with van der Waals surface area (Å²) in [5, 5.41) is 27.2. The number of halogens is 1. The summed E-state index contributed by atoms with van der Waals surface area (Å²) in [6, 6.07) is 24.1. The number of sulfone groups is 1. The van der Waals surface area contributed by atoms with E-state index >= 15 is 0 Å². The zero-order valence-corrected chi connectivity index (χ0v) is 22.8. The van der Waals surface area contributed by atoms with Gasteiger partial charge in [0.1, 0.15) is 11.9 Å². The first-order valence-electron chi connectivity index (χ1n) is 12.1. The molecule has 3 unspecified atom stereocenters. The molecule has 4 N–H and O–H groups in total. The van der Waals surface area contributed by atoms with Crippen molar-refractivity contribution in [1.29, 1.82) is 0 Å². The van der Waals surface area contributed by atoms with E-state index in [2.05, 4.69) is 10.6 Å². The second-order valence-corrected chi connectivity index (χ2v) is 10.9. The van der Waals surface area contributed by atoms with Gasteiger partial charge in [0.15, 0.2) is 9.84 Å². The van der Waals surface area contributed by atoms with Crippen molar-refractivity contribution in [1.82, 2.24) is 10.6 Å². The molecule has 1 amide bonds. The van der Waals surface area contributed by atoms with Gasteiger partial charge in [0.05, 0.1) is 29.9 Å². The van der Waals surface area contributed by atoms with Gasteiger partial charge in [-0.3, -0.25) is 4.79 Å². The van der Waals surface area contributed by atoms with Gasteiger partial charge in [-0.1, -0.05) is 60.7 Å². The van der Waals surface area contributed by atoms with E-state index in [4.69, 9.17) is 4.74 Å². The third kappa shape index (κ3) is 9.74. The predicted octanol–water partition coefficient (Wildman–Crippen LogP) is 2.52. The summed E-state index contributed by atoms with van der Waals surface area (Å²) in [6.45, 7) is 0.674. The maximum Gasteiger partial charge on any atom is 0.249 e. The molecule has 0 saturated carbocycles. The molecular formula is C28H35ClN2O6S. The molecule has 38 heavy (non-hydrogen) atoms. The third-order valence-corrected chi connectivity index (χ3v) is 7.74. The Labute approximate surface area is 230 Å². The molecule has 0 aliphatic carbocycles. The van der Waals surface area contributed by atoms with E-state index in [1.807, 2.05) is 54.6 Å². The van der Waals surface area contributed by atoms with Crippen molar-refractivity contribution in [3.8, 4) is 5.75 Å². The van der Waals surface area contributed by atoms with Crippen LogP contribution < -0.4 is 15.4 Å². The molecule has 0 aromatic heterocycles. The third-order valence-electron chi connectivity index (χ3n) is 5.97. The average Bonchev–Trinajstić information content (AvgIpc) is 2.92. The van der Waals surface area contributed by atoms with Gasteiger partial charge in [-0.25, -0.2) is 8.42 Å². The number of rotatable bonds is 14. The number of carbonyl (C=O) groups excluding carboxylic acids is 1. The molecule has 0 aliphatic heterocycles. The molecule has 3 atom stereocenters. The van der Waals surface area contributed by atoms with Crippen molar-refractivity contribution in [3.05, 3.63) is 96.1 Å². The Hall–Kier alpha value is -2.95.